The molecule has 0 aromatic carbocycles. The molecule has 0 aliphatic carbocycles. The summed E-state index contributed by atoms with van der Waals surface area (Å²) in [5, 5.41) is 0. The van der Waals surface area contributed by atoms with Crippen LogP contribution in [0.3, 0.4) is 0 Å². The van der Waals surface area contributed by atoms with Crippen molar-refractivity contribution in [1.29, 1.82) is 0 Å². The highest BCUT2D eigenvalue weighted by Crippen LogP contribution is 2.13. The van der Waals surface area contributed by atoms with Crippen molar-refractivity contribution in [2.24, 2.45) is 5.92 Å². The molecular formula is C12H24S. The van der Waals surface area contributed by atoms with E-state index in [1.165, 1.54) is 44.1 Å². The average molecular weight is 200 g/mol. The topological polar surface area (TPSA) is 0 Å². The molecule has 1 unspecified atom stereocenters. The lowest BCUT2D eigenvalue weighted by molar-refractivity contribution is 0.526. The summed E-state index contributed by atoms with van der Waals surface area (Å²) in [7, 11) is 0. The molecule has 78 valence electrons. The fraction of sp³-hybridized carbons (Fsp3) is 0.833. The van der Waals surface area contributed by atoms with Gasteiger partial charge in [-0.2, -0.15) is 12.6 Å². The minimum atomic E-state index is 0.796. The third kappa shape index (κ3) is 10.0. The summed E-state index contributed by atoms with van der Waals surface area (Å²) >= 11 is 4.27. The van der Waals surface area contributed by atoms with Gasteiger partial charge in [-0.15, -0.1) is 6.58 Å². The van der Waals surface area contributed by atoms with Crippen molar-refractivity contribution in [3.05, 3.63) is 12.2 Å². The van der Waals surface area contributed by atoms with Gasteiger partial charge in [0.05, 0.1) is 0 Å². The first-order valence-electron chi connectivity index (χ1n) is 5.42. The molecule has 0 radical (unpaired) electrons. The van der Waals surface area contributed by atoms with E-state index in [0.717, 1.165) is 11.7 Å². The lowest BCUT2D eigenvalue weighted by Crippen LogP contribution is -1.95. The molecule has 0 nitrogen and oxygen atoms in total. The van der Waals surface area contributed by atoms with Crippen LogP contribution in [-0.2, 0) is 0 Å². The van der Waals surface area contributed by atoms with E-state index in [1.807, 2.05) is 0 Å². The van der Waals surface area contributed by atoms with Gasteiger partial charge in [-0.05, 0) is 37.9 Å². The van der Waals surface area contributed by atoms with E-state index in [-0.39, 0.29) is 0 Å². The molecule has 0 spiro atoms. The summed E-state index contributed by atoms with van der Waals surface area (Å²) in [6.45, 7) is 8.30. The lowest BCUT2D eigenvalue weighted by Gasteiger charge is -2.06. The van der Waals surface area contributed by atoms with Crippen LogP contribution in [0.1, 0.15) is 52.4 Å². The summed E-state index contributed by atoms with van der Waals surface area (Å²) < 4.78 is 0. The van der Waals surface area contributed by atoms with Crippen LogP contribution < -0.4 is 0 Å². The van der Waals surface area contributed by atoms with Gasteiger partial charge in [-0.3, -0.25) is 0 Å². The van der Waals surface area contributed by atoms with E-state index in [1.54, 1.807) is 0 Å². The molecule has 1 atom stereocenters. The third-order valence-electron chi connectivity index (χ3n) is 2.36. The van der Waals surface area contributed by atoms with Gasteiger partial charge in [0.2, 0.25) is 0 Å². The largest absolute Gasteiger partial charge is 0.179 e. The zero-order valence-corrected chi connectivity index (χ0v) is 10.1. The van der Waals surface area contributed by atoms with Gasteiger partial charge in [0, 0.05) is 0 Å². The van der Waals surface area contributed by atoms with E-state index >= 15 is 0 Å². The first-order valence-corrected chi connectivity index (χ1v) is 6.05. The second kappa shape index (κ2) is 8.68. The predicted octanol–water partition coefficient (Wildman–Crippen LogP) is 4.47. The van der Waals surface area contributed by atoms with E-state index in [2.05, 4.69) is 33.1 Å². The molecule has 0 saturated heterocycles. The van der Waals surface area contributed by atoms with Crippen molar-refractivity contribution < 1.29 is 0 Å². The summed E-state index contributed by atoms with van der Waals surface area (Å²) in [6.07, 6.45) is 8.00. The molecule has 0 aromatic rings. The number of hydrogen-bond donors (Lipinski definition) is 1. The van der Waals surface area contributed by atoms with Crippen LogP contribution in [0.2, 0.25) is 0 Å². The molecule has 1 heteroatoms. The monoisotopic (exact) mass is 200 g/mol. The van der Waals surface area contributed by atoms with Gasteiger partial charge < -0.3 is 0 Å². The number of allylic oxidation sites excluding steroid dienone is 1. The molecule has 0 fully saturated rings. The highest BCUT2D eigenvalue weighted by Gasteiger charge is 1.98. The zero-order chi connectivity index (χ0) is 10.1. The molecule has 0 aliphatic rings. The van der Waals surface area contributed by atoms with Gasteiger partial charge in [-0.1, -0.05) is 31.8 Å². The third-order valence-corrected chi connectivity index (χ3v) is 2.99. The molecule has 0 amide bonds. The lowest BCUT2D eigenvalue weighted by atomic mass is 10.0. The Morgan fingerprint density at radius 2 is 1.85 bits per heavy atom. The highest BCUT2D eigenvalue weighted by molar-refractivity contribution is 7.80. The van der Waals surface area contributed by atoms with Crippen LogP contribution in [0.25, 0.3) is 0 Å². The maximum absolute atomic E-state index is 4.27. The smallest absolute Gasteiger partial charge is 0.00721 e. The van der Waals surface area contributed by atoms with Crippen LogP contribution >= 0.6 is 12.6 Å². The number of thiol groups is 1. The Balaban J connectivity index is 3.04. The quantitative estimate of drug-likeness (QED) is 0.333. The van der Waals surface area contributed by atoms with E-state index < -0.39 is 0 Å². The SMILES string of the molecule is C=C(C)CCCCCCC(C)CS. The molecule has 0 bridgehead atoms. The van der Waals surface area contributed by atoms with Gasteiger partial charge in [0.1, 0.15) is 0 Å². The molecule has 0 aromatic heterocycles. The first-order chi connectivity index (χ1) is 6.16. The second-order valence-corrected chi connectivity index (χ2v) is 4.56. The maximum Gasteiger partial charge on any atom is -0.00721 e. The summed E-state index contributed by atoms with van der Waals surface area (Å²) in [4.78, 5) is 0. The fourth-order valence-electron chi connectivity index (χ4n) is 1.36. The molecular weight excluding hydrogens is 176 g/mol. The van der Waals surface area contributed by atoms with Crippen LogP contribution in [0.15, 0.2) is 12.2 Å². The Bertz CT molecular complexity index is 129. The van der Waals surface area contributed by atoms with Gasteiger partial charge in [0.25, 0.3) is 0 Å². The van der Waals surface area contributed by atoms with E-state index in [9.17, 15) is 0 Å². The van der Waals surface area contributed by atoms with Crippen LogP contribution in [-0.4, -0.2) is 5.75 Å². The molecule has 0 aliphatic heterocycles. The van der Waals surface area contributed by atoms with Crippen molar-refractivity contribution in [3.63, 3.8) is 0 Å². The number of unbranched alkanes of at least 4 members (excludes halogenated alkanes) is 3. The molecule has 0 N–H and O–H groups in total. The van der Waals surface area contributed by atoms with Crippen molar-refractivity contribution in [1.82, 2.24) is 0 Å². The Kier molecular flexibility index (Phi) is 8.74. The first kappa shape index (κ1) is 13.1. The van der Waals surface area contributed by atoms with Crippen molar-refractivity contribution in [2.45, 2.75) is 52.4 Å². The zero-order valence-electron chi connectivity index (χ0n) is 9.18. The minimum absolute atomic E-state index is 0.796. The van der Waals surface area contributed by atoms with Gasteiger partial charge >= 0.3 is 0 Å². The van der Waals surface area contributed by atoms with Gasteiger partial charge in [0.15, 0.2) is 0 Å². The normalized spacial score (nSPS) is 12.8. The number of rotatable bonds is 8. The Labute approximate surface area is 89.2 Å². The van der Waals surface area contributed by atoms with Crippen LogP contribution in [0.4, 0.5) is 0 Å². The average Bonchev–Trinajstić information content (AvgIpc) is 2.10. The molecule has 13 heavy (non-hydrogen) atoms. The minimum Gasteiger partial charge on any atom is -0.179 e. The standard InChI is InChI=1S/C12H24S/c1-11(2)8-6-4-5-7-9-12(3)10-13/h12-13H,1,4-10H2,2-3H3. The highest BCUT2D eigenvalue weighted by atomic mass is 32.1. The Morgan fingerprint density at radius 1 is 1.23 bits per heavy atom. The van der Waals surface area contributed by atoms with E-state index in [0.29, 0.717) is 0 Å². The van der Waals surface area contributed by atoms with Crippen LogP contribution in [0, 0.1) is 5.92 Å². The predicted molar refractivity (Wildman–Crippen MR) is 65.5 cm³/mol. The van der Waals surface area contributed by atoms with Crippen molar-refractivity contribution in [3.8, 4) is 0 Å². The summed E-state index contributed by atoms with van der Waals surface area (Å²) in [5.41, 5.74) is 1.32. The van der Waals surface area contributed by atoms with Crippen LogP contribution in [0.5, 0.6) is 0 Å². The van der Waals surface area contributed by atoms with Crippen molar-refractivity contribution >= 4 is 12.6 Å². The summed E-state index contributed by atoms with van der Waals surface area (Å²) in [6, 6.07) is 0. The summed E-state index contributed by atoms with van der Waals surface area (Å²) in [5.74, 6) is 1.83. The molecule has 0 heterocycles. The van der Waals surface area contributed by atoms with Gasteiger partial charge in [-0.25, -0.2) is 0 Å². The fourth-order valence-corrected chi connectivity index (χ4v) is 1.55. The van der Waals surface area contributed by atoms with Crippen molar-refractivity contribution in [2.75, 3.05) is 5.75 Å². The maximum atomic E-state index is 4.27. The second-order valence-electron chi connectivity index (χ2n) is 4.20. The molecule has 0 rings (SSSR count). The Morgan fingerprint density at radius 3 is 2.38 bits per heavy atom. The van der Waals surface area contributed by atoms with E-state index in [4.69, 9.17) is 0 Å². The Hall–Kier alpha value is 0.0900. The number of hydrogen-bond acceptors (Lipinski definition) is 1. The molecule has 0 saturated carbocycles.